The van der Waals surface area contributed by atoms with Gasteiger partial charge in [-0.2, -0.15) is 0 Å². The van der Waals surface area contributed by atoms with Gasteiger partial charge >= 0.3 is 0 Å². The van der Waals surface area contributed by atoms with Crippen LogP contribution in [-0.2, 0) is 0 Å². The molecule has 1 aromatic heterocycles. The molecule has 0 spiro atoms. The zero-order chi connectivity index (χ0) is 18.6. The van der Waals surface area contributed by atoms with E-state index in [4.69, 9.17) is 4.52 Å². The molecule has 0 atom stereocenters. The van der Waals surface area contributed by atoms with Crippen molar-refractivity contribution in [3.63, 3.8) is 0 Å². The van der Waals surface area contributed by atoms with Gasteiger partial charge in [0.05, 0.1) is 5.56 Å². The Morgan fingerprint density at radius 2 is 1.26 bits per heavy atom. The van der Waals surface area contributed by atoms with Gasteiger partial charge in [-0.25, -0.2) is 0 Å². The van der Waals surface area contributed by atoms with Crippen LogP contribution in [0.25, 0.3) is 34.7 Å². The van der Waals surface area contributed by atoms with E-state index < -0.39 is 0 Å². The Morgan fingerprint density at radius 3 is 1.89 bits per heavy atom. The number of rotatable bonds is 4. The molecule has 0 amide bonds. The molecule has 3 aromatic carbocycles. The molecule has 4 heteroatoms. The maximum Gasteiger partial charge on any atom is 0.174 e. The van der Waals surface area contributed by atoms with Crippen molar-refractivity contribution >= 4 is 12.2 Å². The van der Waals surface area contributed by atoms with E-state index in [-0.39, 0.29) is 11.5 Å². The van der Waals surface area contributed by atoms with E-state index in [1.807, 2.05) is 42.5 Å². The highest BCUT2D eigenvalue weighted by atomic mass is 16.5. The normalized spacial score (nSPS) is 11.1. The molecule has 0 unspecified atom stereocenters. The van der Waals surface area contributed by atoms with Crippen molar-refractivity contribution in [2.45, 2.75) is 0 Å². The molecular weight excluding hydrogens is 338 g/mol. The summed E-state index contributed by atoms with van der Waals surface area (Å²) in [5.74, 6) is 1.01. The largest absolute Gasteiger partial charge is 0.508 e. The Kier molecular flexibility index (Phi) is 4.45. The minimum Gasteiger partial charge on any atom is -0.508 e. The van der Waals surface area contributed by atoms with Crippen LogP contribution in [0.1, 0.15) is 11.1 Å². The van der Waals surface area contributed by atoms with Crippen molar-refractivity contribution < 1.29 is 14.7 Å². The van der Waals surface area contributed by atoms with Gasteiger partial charge < -0.3 is 14.7 Å². The monoisotopic (exact) mass is 355 g/mol. The molecule has 2 N–H and O–H groups in total. The standard InChI is InChI=1S/C23H17NO3/c25-19-11-7-17(8-12-19)22-21(15-6-16-4-2-1-3-5-16)23(27-24-22)18-9-13-20(26)14-10-18/h1-15,25-26H/b15-6+. The number of phenolic OH excluding ortho intramolecular Hbond substituents is 2. The molecule has 0 radical (unpaired) electrons. The molecule has 132 valence electrons. The van der Waals surface area contributed by atoms with Crippen LogP contribution in [0.4, 0.5) is 0 Å². The lowest BCUT2D eigenvalue weighted by Gasteiger charge is -2.02. The predicted molar refractivity (Wildman–Crippen MR) is 106 cm³/mol. The molecule has 1 heterocycles. The second kappa shape index (κ2) is 7.22. The Morgan fingerprint density at radius 1 is 0.667 bits per heavy atom. The smallest absolute Gasteiger partial charge is 0.174 e. The van der Waals surface area contributed by atoms with E-state index in [0.29, 0.717) is 11.5 Å². The molecular formula is C23H17NO3. The van der Waals surface area contributed by atoms with Gasteiger partial charge in [-0.3, -0.25) is 0 Å². The van der Waals surface area contributed by atoms with Gasteiger partial charge in [-0.15, -0.1) is 0 Å². The van der Waals surface area contributed by atoms with Gasteiger partial charge in [0.1, 0.15) is 17.2 Å². The first-order valence-electron chi connectivity index (χ1n) is 8.52. The topological polar surface area (TPSA) is 66.5 Å². The summed E-state index contributed by atoms with van der Waals surface area (Å²) in [6.45, 7) is 0. The molecule has 0 saturated heterocycles. The first-order valence-corrected chi connectivity index (χ1v) is 8.52. The molecule has 0 aliphatic rings. The molecule has 4 rings (SSSR count). The lowest BCUT2D eigenvalue weighted by atomic mass is 10.0. The summed E-state index contributed by atoms with van der Waals surface area (Å²) in [6.07, 6.45) is 3.97. The quantitative estimate of drug-likeness (QED) is 0.501. The summed E-state index contributed by atoms with van der Waals surface area (Å²) < 4.78 is 5.65. The van der Waals surface area contributed by atoms with Crippen LogP contribution in [0.2, 0.25) is 0 Å². The third-order valence-corrected chi connectivity index (χ3v) is 4.24. The minimum atomic E-state index is 0.193. The molecule has 0 bridgehead atoms. The lowest BCUT2D eigenvalue weighted by Crippen LogP contribution is -1.83. The number of benzene rings is 3. The molecule has 27 heavy (non-hydrogen) atoms. The van der Waals surface area contributed by atoms with Crippen molar-refractivity contribution in [1.82, 2.24) is 5.16 Å². The lowest BCUT2D eigenvalue weighted by molar-refractivity contribution is 0.434. The van der Waals surface area contributed by atoms with Crippen molar-refractivity contribution in [3.8, 4) is 34.1 Å². The minimum absolute atomic E-state index is 0.193. The molecule has 4 aromatic rings. The van der Waals surface area contributed by atoms with E-state index >= 15 is 0 Å². The fraction of sp³-hybridized carbons (Fsp3) is 0. The zero-order valence-electron chi connectivity index (χ0n) is 14.4. The van der Waals surface area contributed by atoms with Gasteiger partial charge in [0.15, 0.2) is 5.76 Å². The van der Waals surface area contributed by atoms with E-state index in [1.165, 1.54) is 0 Å². The Balaban J connectivity index is 1.83. The van der Waals surface area contributed by atoms with Crippen molar-refractivity contribution in [2.75, 3.05) is 0 Å². The highest BCUT2D eigenvalue weighted by molar-refractivity contribution is 5.86. The second-order valence-corrected chi connectivity index (χ2v) is 6.11. The van der Waals surface area contributed by atoms with Gasteiger partial charge in [-0.1, -0.05) is 41.6 Å². The first-order chi connectivity index (χ1) is 13.2. The highest BCUT2D eigenvalue weighted by Crippen LogP contribution is 2.34. The van der Waals surface area contributed by atoms with Crippen molar-refractivity contribution in [3.05, 3.63) is 90.0 Å². The molecule has 0 aliphatic carbocycles. The highest BCUT2D eigenvalue weighted by Gasteiger charge is 2.17. The summed E-state index contributed by atoms with van der Waals surface area (Å²) in [4.78, 5) is 0. The summed E-state index contributed by atoms with van der Waals surface area (Å²) in [5.41, 5.74) is 4.24. The average molecular weight is 355 g/mol. The third-order valence-electron chi connectivity index (χ3n) is 4.24. The van der Waals surface area contributed by atoms with Gasteiger partial charge in [0.2, 0.25) is 0 Å². The van der Waals surface area contributed by atoms with Crippen LogP contribution in [0.15, 0.2) is 83.4 Å². The van der Waals surface area contributed by atoms with Crippen LogP contribution in [-0.4, -0.2) is 15.4 Å². The molecule has 0 saturated carbocycles. The Labute approximate surface area is 156 Å². The maximum absolute atomic E-state index is 9.55. The second-order valence-electron chi connectivity index (χ2n) is 6.11. The summed E-state index contributed by atoms with van der Waals surface area (Å²) >= 11 is 0. The summed E-state index contributed by atoms with van der Waals surface area (Å²) in [6, 6.07) is 23.6. The zero-order valence-corrected chi connectivity index (χ0v) is 14.4. The van der Waals surface area contributed by atoms with Crippen molar-refractivity contribution in [1.29, 1.82) is 0 Å². The summed E-state index contributed by atoms with van der Waals surface area (Å²) in [5, 5.41) is 23.4. The number of aromatic hydroxyl groups is 2. The van der Waals surface area contributed by atoms with Gasteiger partial charge in [0, 0.05) is 11.1 Å². The van der Waals surface area contributed by atoms with E-state index in [1.54, 1.807) is 48.5 Å². The van der Waals surface area contributed by atoms with Crippen molar-refractivity contribution in [2.24, 2.45) is 0 Å². The van der Waals surface area contributed by atoms with Gasteiger partial charge in [0.25, 0.3) is 0 Å². The fourth-order valence-electron chi connectivity index (χ4n) is 2.84. The first kappa shape index (κ1) is 16.7. The van der Waals surface area contributed by atoms with Crippen LogP contribution >= 0.6 is 0 Å². The van der Waals surface area contributed by atoms with Crippen LogP contribution in [0, 0.1) is 0 Å². The van der Waals surface area contributed by atoms with E-state index in [2.05, 4.69) is 5.16 Å². The Bertz CT molecular complexity index is 1000. The molecule has 0 aliphatic heterocycles. The fourth-order valence-corrected chi connectivity index (χ4v) is 2.84. The number of hydrogen-bond donors (Lipinski definition) is 2. The number of phenols is 2. The maximum atomic E-state index is 9.55. The van der Waals surface area contributed by atoms with E-state index in [9.17, 15) is 10.2 Å². The van der Waals surface area contributed by atoms with Gasteiger partial charge in [-0.05, 0) is 60.2 Å². The number of aromatic nitrogens is 1. The van der Waals surface area contributed by atoms with Crippen LogP contribution in [0.5, 0.6) is 11.5 Å². The number of hydrogen-bond acceptors (Lipinski definition) is 4. The summed E-state index contributed by atoms with van der Waals surface area (Å²) in [7, 11) is 0. The van der Waals surface area contributed by atoms with E-state index in [0.717, 1.165) is 22.3 Å². The average Bonchev–Trinajstić information content (AvgIpc) is 3.12. The SMILES string of the molecule is Oc1ccc(-c2noc(-c3ccc(O)cc3)c2/C=C/c2ccccc2)cc1. The number of nitrogens with zero attached hydrogens (tertiary/aromatic N) is 1. The third kappa shape index (κ3) is 3.60. The molecule has 4 nitrogen and oxygen atoms in total. The molecule has 0 fully saturated rings. The Hall–Kier alpha value is -3.79. The van der Waals surface area contributed by atoms with Crippen LogP contribution in [0.3, 0.4) is 0 Å². The van der Waals surface area contributed by atoms with Crippen LogP contribution < -0.4 is 0 Å². The predicted octanol–water partition coefficient (Wildman–Crippen LogP) is 5.59.